The number of ether oxygens (including phenoxy) is 2. The van der Waals surface area contributed by atoms with E-state index < -0.39 is 0 Å². The lowest BCUT2D eigenvalue weighted by Crippen LogP contribution is -2.28. The van der Waals surface area contributed by atoms with E-state index >= 15 is 0 Å². The Kier molecular flexibility index (Phi) is 6.58. The van der Waals surface area contributed by atoms with E-state index in [-0.39, 0.29) is 23.5 Å². The first-order valence-electron chi connectivity index (χ1n) is 9.63. The van der Waals surface area contributed by atoms with Gasteiger partial charge in [0.25, 0.3) is 5.91 Å². The van der Waals surface area contributed by atoms with Gasteiger partial charge in [-0.3, -0.25) is 4.79 Å². The predicted molar refractivity (Wildman–Crippen MR) is 122 cm³/mol. The molecule has 1 amide bonds. The zero-order valence-electron chi connectivity index (χ0n) is 17.1. The standard InChI is InChI=1S/C23H21FN2O3S2/c1-28-19-10-9-15(12-20(19)29-2)18-13-17(22-8-5-11-30-22)25-26(18)23(27)14-31-21-7-4-3-6-16(21)24/h3-12,18H,13-14H2,1-2H3. The number of thioether (sulfide) groups is 1. The van der Waals surface area contributed by atoms with Crippen LogP contribution in [0, 0.1) is 5.82 Å². The molecule has 5 nitrogen and oxygen atoms in total. The summed E-state index contributed by atoms with van der Waals surface area (Å²) in [5.41, 5.74) is 1.76. The van der Waals surface area contributed by atoms with Crippen LogP contribution >= 0.6 is 23.1 Å². The van der Waals surface area contributed by atoms with Gasteiger partial charge < -0.3 is 9.47 Å². The number of rotatable bonds is 7. The lowest BCUT2D eigenvalue weighted by atomic mass is 10.0. The zero-order valence-corrected chi connectivity index (χ0v) is 18.7. The number of methoxy groups -OCH3 is 2. The molecule has 3 aromatic rings. The van der Waals surface area contributed by atoms with Gasteiger partial charge in [0, 0.05) is 11.3 Å². The average Bonchev–Trinajstić information content (AvgIpc) is 3.48. The summed E-state index contributed by atoms with van der Waals surface area (Å²) in [6, 6.07) is 15.8. The molecule has 1 unspecified atom stereocenters. The van der Waals surface area contributed by atoms with Crippen LogP contribution in [0.5, 0.6) is 11.5 Å². The van der Waals surface area contributed by atoms with Crippen molar-refractivity contribution in [1.82, 2.24) is 5.01 Å². The number of halogens is 1. The molecular weight excluding hydrogens is 435 g/mol. The van der Waals surface area contributed by atoms with Crippen molar-refractivity contribution < 1.29 is 18.7 Å². The molecule has 160 valence electrons. The number of thiophene rings is 1. The van der Waals surface area contributed by atoms with Gasteiger partial charge in [0.1, 0.15) is 5.82 Å². The van der Waals surface area contributed by atoms with E-state index in [4.69, 9.17) is 9.47 Å². The summed E-state index contributed by atoms with van der Waals surface area (Å²) < 4.78 is 24.7. The average molecular weight is 457 g/mol. The number of carbonyl (C=O) groups excluding carboxylic acids is 1. The molecule has 0 bridgehead atoms. The molecule has 0 aliphatic carbocycles. The van der Waals surface area contributed by atoms with Crippen LogP contribution in [0.15, 0.2) is 70.0 Å². The highest BCUT2D eigenvalue weighted by Crippen LogP contribution is 2.38. The molecule has 0 radical (unpaired) electrons. The highest BCUT2D eigenvalue weighted by Gasteiger charge is 2.34. The number of hydrazone groups is 1. The normalized spacial score (nSPS) is 15.6. The van der Waals surface area contributed by atoms with E-state index in [1.54, 1.807) is 43.8 Å². The molecule has 31 heavy (non-hydrogen) atoms. The fourth-order valence-electron chi connectivity index (χ4n) is 3.42. The van der Waals surface area contributed by atoms with Crippen molar-refractivity contribution in [3.8, 4) is 11.5 Å². The summed E-state index contributed by atoms with van der Waals surface area (Å²) in [6.07, 6.45) is 0.589. The molecule has 4 rings (SSSR count). The van der Waals surface area contributed by atoms with Gasteiger partial charge in [-0.1, -0.05) is 24.3 Å². The molecule has 1 aromatic heterocycles. The van der Waals surface area contributed by atoms with E-state index in [0.717, 1.165) is 16.2 Å². The molecule has 0 spiro atoms. The Bertz CT molecular complexity index is 1100. The van der Waals surface area contributed by atoms with Crippen molar-refractivity contribution in [1.29, 1.82) is 0 Å². The first-order valence-corrected chi connectivity index (χ1v) is 11.5. The lowest BCUT2D eigenvalue weighted by molar-refractivity contribution is -0.130. The third kappa shape index (κ3) is 4.60. The smallest absolute Gasteiger partial charge is 0.253 e. The summed E-state index contributed by atoms with van der Waals surface area (Å²) in [4.78, 5) is 14.6. The van der Waals surface area contributed by atoms with Crippen LogP contribution in [0.25, 0.3) is 0 Å². The van der Waals surface area contributed by atoms with Gasteiger partial charge in [-0.15, -0.1) is 23.1 Å². The van der Waals surface area contributed by atoms with Gasteiger partial charge in [0.15, 0.2) is 11.5 Å². The second-order valence-electron chi connectivity index (χ2n) is 6.82. The minimum Gasteiger partial charge on any atom is -0.493 e. The number of amides is 1. The second kappa shape index (κ2) is 9.53. The summed E-state index contributed by atoms with van der Waals surface area (Å²) in [7, 11) is 3.17. The number of benzene rings is 2. The molecule has 0 saturated carbocycles. The Morgan fingerprint density at radius 1 is 1.16 bits per heavy atom. The van der Waals surface area contributed by atoms with Crippen molar-refractivity contribution in [3.63, 3.8) is 0 Å². The van der Waals surface area contributed by atoms with E-state index in [1.807, 2.05) is 35.7 Å². The van der Waals surface area contributed by atoms with Gasteiger partial charge in [0.05, 0.1) is 36.6 Å². The summed E-state index contributed by atoms with van der Waals surface area (Å²) >= 11 is 2.76. The van der Waals surface area contributed by atoms with Crippen molar-refractivity contribution in [2.45, 2.75) is 17.4 Å². The van der Waals surface area contributed by atoms with Gasteiger partial charge >= 0.3 is 0 Å². The van der Waals surface area contributed by atoms with Crippen LogP contribution in [-0.4, -0.2) is 36.6 Å². The van der Waals surface area contributed by atoms with Crippen molar-refractivity contribution in [3.05, 3.63) is 76.2 Å². The molecule has 0 saturated heterocycles. The topological polar surface area (TPSA) is 51.1 Å². The SMILES string of the molecule is COc1ccc(C2CC(c3cccs3)=NN2C(=O)CSc2ccccc2F)cc1OC. The third-order valence-corrected chi connectivity index (χ3v) is 6.90. The zero-order chi connectivity index (χ0) is 21.8. The Hall–Kier alpha value is -2.84. The minimum absolute atomic E-state index is 0.0892. The molecule has 1 aliphatic rings. The van der Waals surface area contributed by atoms with Crippen LogP contribution in [0.4, 0.5) is 4.39 Å². The van der Waals surface area contributed by atoms with Gasteiger partial charge in [0.2, 0.25) is 0 Å². The fraction of sp³-hybridized carbons (Fsp3) is 0.217. The maximum atomic E-state index is 14.0. The van der Waals surface area contributed by atoms with Gasteiger partial charge in [-0.2, -0.15) is 5.10 Å². The van der Waals surface area contributed by atoms with Gasteiger partial charge in [-0.05, 0) is 41.3 Å². The molecule has 2 aromatic carbocycles. The second-order valence-corrected chi connectivity index (χ2v) is 8.78. The maximum absolute atomic E-state index is 14.0. The van der Waals surface area contributed by atoms with Crippen LogP contribution in [0.1, 0.15) is 22.9 Å². The van der Waals surface area contributed by atoms with Crippen LogP contribution in [0.3, 0.4) is 0 Å². The molecule has 0 fully saturated rings. The van der Waals surface area contributed by atoms with E-state index in [2.05, 4.69) is 5.10 Å². The first kappa shape index (κ1) is 21.4. The molecule has 2 heterocycles. The van der Waals surface area contributed by atoms with Crippen LogP contribution < -0.4 is 9.47 Å². The molecule has 0 N–H and O–H groups in total. The van der Waals surface area contributed by atoms with E-state index in [9.17, 15) is 9.18 Å². The Labute approximate surface area is 188 Å². The van der Waals surface area contributed by atoms with Crippen LogP contribution in [-0.2, 0) is 4.79 Å². The van der Waals surface area contributed by atoms with Crippen molar-refractivity contribution >= 4 is 34.7 Å². The van der Waals surface area contributed by atoms with E-state index in [1.165, 1.54) is 22.8 Å². The van der Waals surface area contributed by atoms with Gasteiger partial charge in [-0.25, -0.2) is 9.40 Å². The summed E-state index contributed by atoms with van der Waals surface area (Å²) in [6.45, 7) is 0. The predicted octanol–water partition coefficient (Wildman–Crippen LogP) is 5.37. The molecule has 1 atom stereocenters. The Morgan fingerprint density at radius 2 is 1.97 bits per heavy atom. The minimum atomic E-state index is -0.332. The van der Waals surface area contributed by atoms with Crippen molar-refractivity contribution in [2.75, 3.05) is 20.0 Å². The highest BCUT2D eigenvalue weighted by atomic mass is 32.2. The largest absolute Gasteiger partial charge is 0.493 e. The number of carbonyl (C=O) groups is 1. The summed E-state index contributed by atoms with van der Waals surface area (Å²) in [5, 5.41) is 8.16. The fourth-order valence-corrected chi connectivity index (χ4v) is 4.93. The molecule has 1 aliphatic heterocycles. The highest BCUT2D eigenvalue weighted by molar-refractivity contribution is 8.00. The lowest BCUT2D eigenvalue weighted by Gasteiger charge is -2.23. The Balaban J connectivity index is 1.61. The number of hydrogen-bond acceptors (Lipinski definition) is 6. The number of hydrogen-bond donors (Lipinski definition) is 0. The first-order chi connectivity index (χ1) is 15.1. The quantitative estimate of drug-likeness (QED) is 0.448. The molecular formula is C23H21FN2O3S2. The number of nitrogens with zero attached hydrogens (tertiary/aromatic N) is 2. The van der Waals surface area contributed by atoms with Crippen molar-refractivity contribution in [2.24, 2.45) is 5.10 Å². The third-order valence-electron chi connectivity index (χ3n) is 4.95. The van der Waals surface area contributed by atoms with Crippen LogP contribution in [0.2, 0.25) is 0 Å². The van der Waals surface area contributed by atoms with E-state index in [0.29, 0.717) is 22.8 Å². The summed E-state index contributed by atoms with van der Waals surface area (Å²) in [5.74, 6) is 0.793. The monoisotopic (exact) mass is 456 g/mol. The maximum Gasteiger partial charge on any atom is 0.253 e. The Morgan fingerprint density at radius 3 is 2.68 bits per heavy atom. The molecule has 8 heteroatoms.